The zero-order valence-corrected chi connectivity index (χ0v) is 14.1. The zero-order chi connectivity index (χ0) is 15.1. The van der Waals surface area contributed by atoms with Gasteiger partial charge in [0.1, 0.15) is 0 Å². The molecule has 5 unspecified atom stereocenters. The van der Waals surface area contributed by atoms with Crippen LogP contribution < -0.4 is 0 Å². The zero-order valence-electron chi connectivity index (χ0n) is 14.1. The Morgan fingerprint density at radius 1 is 1.25 bits per heavy atom. The van der Waals surface area contributed by atoms with E-state index in [-0.39, 0.29) is 18.1 Å². The Morgan fingerprint density at radius 3 is 2.55 bits per heavy atom. The van der Waals surface area contributed by atoms with E-state index in [1.165, 1.54) is 24.8 Å². The first-order valence-corrected chi connectivity index (χ1v) is 8.51. The molecule has 0 aromatic heterocycles. The van der Waals surface area contributed by atoms with E-state index in [0.29, 0.717) is 5.92 Å². The number of ether oxygens (including phenoxy) is 1. The normalized spacial score (nSPS) is 32.0. The summed E-state index contributed by atoms with van der Waals surface area (Å²) in [6.45, 7) is 11.9. The maximum atomic E-state index is 10.2. The molecule has 0 fully saturated rings. The molecule has 5 atom stereocenters. The number of hydrogen-bond donors (Lipinski definition) is 1. The number of unbranched alkanes of at least 4 members (excludes halogenated alkanes) is 1. The largest absolute Gasteiger partial charge is 0.389 e. The summed E-state index contributed by atoms with van der Waals surface area (Å²) < 4.78 is 6.15. The van der Waals surface area contributed by atoms with Crippen molar-refractivity contribution in [2.45, 2.75) is 78.9 Å². The Balaban J connectivity index is 2.69. The lowest BCUT2D eigenvalue weighted by Crippen LogP contribution is -2.39. The van der Waals surface area contributed by atoms with Crippen LogP contribution in [0.1, 0.15) is 66.7 Å². The van der Waals surface area contributed by atoms with Crippen LogP contribution in [0.5, 0.6) is 0 Å². The molecular weight excluding hydrogens is 248 g/mol. The second-order valence-corrected chi connectivity index (χ2v) is 6.65. The van der Waals surface area contributed by atoms with Crippen molar-refractivity contribution in [1.82, 2.24) is 0 Å². The van der Waals surface area contributed by atoms with Crippen molar-refractivity contribution < 1.29 is 9.84 Å². The van der Waals surface area contributed by atoms with Crippen LogP contribution in [-0.2, 0) is 4.74 Å². The molecule has 1 aliphatic carbocycles. The Morgan fingerprint density at radius 2 is 1.95 bits per heavy atom. The molecule has 0 aliphatic heterocycles. The van der Waals surface area contributed by atoms with Gasteiger partial charge in [0.2, 0.25) is 0 Å². The molecule has 1 aliphatic rings. The molecule has 0 radical (unpaired) electrons. The fourth-order valence-corrected chi connectivity index (χ4v) is 2.85. The summed E-state index contributed by atoms with van der Waals surface area (Å²) in [6.07, 6.45) is 7.77. The van der Waals surface area contributed by atoms with Crippen molar-refractivity contribution in [2.75, 3.05) is 6.61 Å². The molecule has 0 heterocycles. The van der Waals surface area contributed by atoms with Gasteiger partial charge < -0.3 is 9.84 Å². The van der Waals surface area contributed by atoms with Gasteiger partial charge in [0, 0.05) is 6.61 Å². The highest BCUT2D eigenvalue weighted by Gasteiger charge is 2.34. The topological polar surface area (TPSA) is 29.5 Å². The van der Waals surface area contributed by atoms with Gasteiger partial charge >= 0.3 is 0 Å². The second-order valence-electron chi connectivity index (χ2n) is 6.65. The first-order chi connectivity index (χ1) is 9.51. The summed E-state index contributed by atoms with van der Waals surface area (Å²) in [6, 6.07) is 0. The van der Waals surface area contributed by atoms with Crippen molar-refractivity contribution in [3.8, 4) is 0 Å². The lowest BCUT2D eigenvalue weighted by atomic mass is 9.76. The minimum Gasteiger partial charge on any atom is -0.389 e. The summed E-state index contributed by atoms with van der Waals surface area (Å²) >= 11 is 0. The molecule has 0 saturated carbocycles. The molecule has 1 rings (SSSR count). The van der Waals surface area contributed by atoms with E-state index in [1.807, 2.05) is 0 Å². The molecular formula is C18H34O2. The average Bonchev–Trinajstić information content (AvgIpc) is 2.45. The number of aliphatic hydroxyl groups is 1. The highest BCUT2D eigenvalue weighted by Crippen LogP contribution is 2.35. The van der Waals surface area contributed by atoms with Gasteiger partial charge in [-0.25, -0.2) is 0 Å². The second kappa shape index (κ2) is 8.84. The van der Waals surface area contributed by atoms with Crippen molar-refractivity contribution in [3.63, 3.8) is 0 Å². The van der Waals surface area contributed by atoms with E-state index in [0.717, 1.165) is 25.4 Å². The van der Waals surface area contributed by atoms with E-state index in [4.69, 9.17) is 4.74 Å². The predicted octanol–water partition coefficient (Wildman–Crippen LogP) is 4.57. The van der Waals surface area contributed by atoms with Crippen LogP contribution in [0.25, 0.3) is 0 Å². The average molecular weight is 282 g/mol. The Kier molecular flexibility index (Phi) is 7.83. The summed E-state index contributed by atoms with van der Waals surface area (Å²) in [4.78, 5) is 0. The van der Waals surface area contributed by atoms with Gasteiger partial charge in [-0.3, -0.25) is 0 Å². The lowest BCUT2D eigenvalue weighted by Gasteiger charge is -2.37. The van der Waals surface area contributed by atoms with Crippen LogP contribution >= 0.6 is 0 Å². The third-order valence-electron chi connectivity index (χ3n) is 5.01. The molecule has 2 heteroatoms. The molecule has 0 aromatic rings. The van der Waals surface area contributed by atoms with Gasteiger partial charge in [0.05, 0.1) is 12.2 Å². The maximum absolute atomic E-state index is 10.2. The number of aliphatic hydroxyl groups excluding tert-OH is 1. The van der Waals surface area contributed by atoms with E-state index in [1.54, 1.807) is 0 Å². The number of hydrogen-bond acceptors (Lipinski definition) is 2. The fourth-order valence-electron chi connectivity index (χ4n) is 2.85. The molecule has 0 saturated heterocycles. The standard InChI is InChI=1S/C18H34O2/c1-6-8-11-20-18-15(5)14(4)17(19)12-16(18)10-9-13(3)7-2/h12-15,17-19H,6-11H2,1-5H3. The van der Waals surface area contributed by atoms with Crippen LogP contribution in [0.15, 0.2) is 11.6 Å². The van der Waals surface area contributed by atoms with Crippen molar-refractivity contribution in [1.29, 1.82) is 0 Å². The van der Waals surface area contributed by atoms with Crippen molar-refractivity contribution >= 4 is 0 Å². The molecule has 2 nitrogen and oxygen atoms in total. The molecule has 0 aromatic carbocycles. The SMILES string of the molecule is CCCCOC1C(CCC(C)CC)=CC(O)C(C)C1C. The summed E-state index contributed by atoms with van der Waals surface area (Å²) in [5.74, 6) is 1.44. The van der Waals surface area contributed by atoms with Crippen LogP contribution in [0.4, 0.5) is 0 Å². The summed E-state index contributed by atoms with van der Waals surface area (Å²) in [5.41, 5.74) is 1.33. The molecule has 0 bridgehead atoms. The third kappa shape index (κ3) is 4.89. The van der Waals surface area contributed by atoms with Gasteiger partial charge in [-0.15, -0.1) is 0 Å². The summed E-state index contributed by atoms with van der Waals surface area (Å²) in [7, 11) is 0. The Labute approximate surface area is 125 Å². The van der Waals surface area contributed by atoms with Crippen LogP contribution in [-0.4, -0.2) is 23.9 Å². The molecule has 20 heavy (non-hydrogen) atoms. The predicted molar refractivity (Wildman–Crippen MR) is 85.8 cm³/mol. The van der Waals surface area contributed by atoms with Crippen LogP contribution in [0.3, 0.4) is 0 Å². The minimum atomic E-state index is -0.303. The Hall–Kier alpha value is -0.340. The van der Waals surface area contributed by atoms with E-state index >= 15 is 0 Å². The van der Waals surface area contributed by atoms with E-state index in [2.05, 4.69) is 40.7 Å². The van der Waals surface area contributed by atoms with Gasteiger partial charge in [0.15, 0.2) is 0 Å². The number of rotatable bonds is 8. The van der Waals surface area contributed by atoms with Crippen molar-refractivity contribution in [2.24, 2.45) is 17.8 Å². The van der Waals surface area contributed by atoms with Gasteiger partial charge in [0.25, 0.3) is 0 Å². The van der Waals surface area contributed by atoms with Crippen LogP contribution in [0.2, 0.25) is 0 Å². The van der Waals surface area contributed by atoms with E-state index in [9.17, 15) is 5.11 Å². The fraction of sp³-hybridized carbons (Fsp3) is 0.889. The minimum absolute atomic E-state index is 0.212. The van der Waals surface area contributed by atoms with Gasteiger partial charge in [-0.1, -0.05) is 53.5 Å². The lowest BCUT2D eigenvalue weighted by molar-refractivity contribution is -0.0123. The van der Waals surface area contributed by atoms with Gasteiger partial charge in [-0.2, -0.15) is 0 Å². The van der Waals surface area contributed by atoms with Gasteiger partial charge in [-0.05, 0) is 42.6 Å². The third-order valence-corrected chi connectivity index (χ3v) is 5.01. The molecule has 1 N–H and O–H groups in total. The van der Waals surface area contributed by atoms with Crippen molar-refractivity contribution in [3.05, 3.63) is 11.6 Å². The molecule has 0 amide bonds. The first-order valence-electron chi connectivity index (χ1n) is 8.51. The summed E-state index contributed by atoms with van der Waals surface area (Å²) in [5, 5.41) is 10.2. The molecule has 118 valence electrons. The van der Waals surface area contributed by atoms with E-state index < -0.39 is 0 Å². The Bertz CT molecular complexity index is 298. The monoisotopic (exact) mass is 282 g/mol. The maximum Gasteiger partial charge on any atom is 0.0815 e. The highest BCUT2D eigenvalue weighted by molar-refractivity contribution is 5.18. The molecule has 0 spiro atoms. The van der Waals surface area contributed by atoms with Crippen LogP contribution in [0, 0.1) is 17.8 Å². The smallest absolute Gasteiger partial charge is 0.0815 e. The first kappa shape index (κ1) is 17.7. The quantitative estimate of drug-likeness (QED) is 0.522. The highest BCUT2D eigenvalue weighted by atomic mass is 16.5.